The normalized spacial score (nSPS) is 11.9. The maximum Gasteiger partial charge on any atom is 0.226 e. The van der Waals surface area contributed by atoms with Crippen molar-refractivity contribution in [2.75, 3.05) is 0 Å². The second-order valence-corrected chi connectivity index (χ2v) is 7.33. The Bertz CT molecular complexity index is 814. The minimum atomic E-state index is 0.0314. The Morgan fingerprint density at radius 2 is 1.77 bits per heavy atom. The van der Waals surface area contributed by atoms with E-state index < -0.39 is 0 Å². The van der Waals surface area contributed by atoms with E-state index in [0.29, 0.717) is 6.42 Å². The zero-order chi connectivity index (χ0) is 18.2. The van der Waals surface area contributed by atoms with Crippen molar-refractivity contribution in [3.63, 3.8) is 0 Å². The minimum absolute atomic E-state index is 0.0314. The highest BCUT2D eigenvalue weighted by atomic mass is 32.1. The largest absolute Gasteiger partial charge is 0.349 e. The molecule has 0 saturated heterocycles. The third-order valence-corrected chi connectivity index (χ3v) is 5.15. The number of nitrogens with zero attached hydrogens (tertiary/aromatic N) is 1. The summed E-state index contributed by atoms with van der Waals surface area (Å²) in [5, 5.41) is 6.21. The summed E-state index contributed by atoms with van der Waals surface area (Å²) in [5.41, 5.74) is 3.25. The van der Waals surface area contributed by atoms with Crippen LogP contribution in [0.1, 0.15) is 47.6 Å². The van der Waals surface area contributed by atoms with Gasteiger partial charge in [-0.2, -0.15) is 0 Å². The molecule has 1 amide bonds. The highest BCUT2D eigenvalue weighted by molar-refractivity contribution is 7.09. The molecule has 1 aromatic heterocycles. The maximum atomic E-state index is 12.5. The van der Waals surface area contributed by atoms with Gasteiger partial charge in [-0.05, 0) is 17.5 Å². The lowest BCUT2D eigenvalue weighted by Gasteiger charge is -2.18. The summed E-state index contributed by atoms with van der Waals surface area (Å²) < 4.78 is 0. The number of carbonyl (C=O) groups is 1. The Hall–Kier alpha value is -2.46. The lowest BCUT2D eigenvalue weighted by molar-refractivity contribution is -0.121. The molecule has 3 nitrogen and oxygen atoms in total. The number of aromatic nitrogens is 1. The molecule has 0 radical (unpaired) electrons. The van der Waals surface area contributed by atoms with Crippen molar-refractivity contribution in [1.82, 2.24) is 10.3 Å². The maximum absolute atomic E-state index is 12.5. The van der Waals surface area contributed by atoms with Crippen molar-refractivity contribution in [2.24, 2.45) is 0 Å². The zero-order valence-corrected chi connectivity index (χ0v) is 15.8. The van der Waals surface area contributed by atoms with Crippen LogP contribution < -0.4 is 5.32 Å². The van der Waals surface area contributed by atoms with Crippen molar-refractivity contribution in [3.8, 4) is 0 Å². The van der Waals surface area contributed by atoms with Gasteiger partial charge in [0.05, 0.1) is 23.2 Å². The number of thiazole rings is 1. The summed E-state index contributed by atoms with van der Waals surface area (Å²) in [4.78, 5) is 17.1. The summed E-state index contributed by atoms with van der Waals surface area (Å²) in [7, 11) is 0. The Kier molecular flexibility index (Phi) is 6.56. The van der Waals surface area contributed by atoms with E-state index in [1.807, 2.05) is 41.8 Å². The first-order valence-corrected chi connectivity index (χ1v) is 9.94. The van der Waals surface area contributed by atoms with Crippen LogP contribution >= 0.6 is 11.3 Å². The molecular weight excluding hydrogens is 340 g/mol. The second kappa shape index (κ2) is 9.30. The van der Waals surface area contributed by atoms with Gasteiger partial charge in [-0.1, -0.05) is 74.0 Å². The van der Waals surface area contributed by atoms with Gasteiger partial charge in [-0.3, -0.25) is 4.79 Å². The molecule has 26 heavy (non-hydrogen) atoms. The quantitative estimate of drug-likeness (QED) is 0.615. The van der Waals surface area contributed by atoms with E-state index in [9.17, 15) is 4.79 Å². The average Bonchev–Trinajstić information content (AvgIpc) is 3.09. The van der Waals surface area contributed by atoms with Crippen LogP contribution in [0.4, 0.5) is 0 Å². The molecule has 4 heteroatoms. The molecule has 1 heterocycles. The van der Waals surface area contributed by atoms with Gasteiger partial charge in [-0.25, -0.2) is 4.98 Å². The Labute approximate surface area is 159 Å². The standard InChI is InChI=1S/C22H24N2OS/c1-2-9-20(18-12-7-4-8-13-18)24-21(25)15-19-16-26-22(23-19)14-17-10-5-3-6-11-17/h3-8,10-13,16,20H,2,9,14-15H2,1H3,(H,24,25). The molecule has 0 aliphatic heterocycles. The molecule has 0 saturated carbocycles. The first-order chi connectivity index (χ1) is 12.7. The molecule has 0 spiro atoms. The van der Waals surface area contributed by atoms with E-state index in [2.05, 4.69) is 41.5 Å². The molecule has 2 aromatic carbocycles. The summed E-state index contributed by atoms with van der Waals surface area (Å²) in [6.45, 7) is 2.14. The van der Waals surface area contributed by atoms with Crippen molar-refractivity contribution in [1.29, 1.82) is 0 Å². The highest BCUT2D eigenvalue weighted by Crippen LogP contribution is 2.19. The zero-order valence-electron chi connectivity index (χ0n) is 15.0. The summed E-state index contributed by atoms with van der Waals surface area (Å²) in [5.74, 6) is 0.0314. The summed E-state index contributed by atoms with van der Waals surface area (Å²) >= 11 is 1.62. The predicted octanol–water partition coefficient (Wildman–Crippen LogP) is 4.93. The number of rotatable bonds is 8. The molecular formula is C22H24N2OS. The van der Waals surface area contributed by atoms with Crippen molar-refractivity contribution >= 4 is 17.2 Å². The van der Waals surface area contributed by atoms with Crippen LogP contribution in [0.5, 0.6) is 0 Å². The van der Waals surface area contributed by atoms with Gasteiger partial charge in [0.15, 0.2) is 0 Å². The number of nitrogens with one attached hydrogen (secondary N) is 1. The predicted molar refractivity (Wildman–Crippen MR) is 107 cm³/mol. The molecule has 3 rings (SSSR count). The third kappa shape index (κ3) is 5.27. The molecule has 1 atom stereocenters. The number of amides is 1. The van der Waals surface area contributed by atoms with Crippen LogP contribution in [0.25, 0.3) is 0 Å². The number of benzene rings is 2. The van der Waals surface area contributed by atoms with E-state index in [0.717, 1.165) is 35.5 Å². The molecule has 0 aliphatic rings. The molecule has 134 valence electrons. The van der Waals surface area contributed by atoms with Gasteiger partial charge in [0.25, 0.3) is 0 Å². The fourth-order valence-electron chi connectivity index (χ4n) is 2.99. The van der Waals surface area contributed by atoms with Crippen LogP contribution in [-0.4, -0.2) is 10.9 Å². The number of hydrogen-bond acceptors (Lipinski definition) is 3. The van der Waals surface area contributed by atoms with Gasteiger partial charge >= 0.3 is 0 Å². The average molecular weight is 365 g/mol. The van der Waals surface area contributed by atoms with Gasteiger partial charge < -0.3 is 5.32 Å². The van der Waals surface area contributed by atoms with Crippen molar-refractivity contribution < 1.29 is 4.79 Å². The Balaban J connectivity index is 1.59. The molecule has 0 bridgehead atoms. The Morgan fingerprint density at radius 3 is 2.46 bits per heavy atom. The van der Waals surface area contributed by atoms with E-state index in [4.69, 9.17) is 0 Å². The summed E-state index contributed by atoms with van der Waals surface area (Å²) in [6.07, 6.45) is 3.11. The van der Waals surface area contributed by atoms with Gasteiger partial charge in [0.2, 0.25) is 5.91 Å². The van der Waals surface area contributed by atoms with Crippen LogP contribution in [0.3, 0.4) is 0 Å². The van der Waals surface area contributed by atoms with Gasteiger partial charge in [0.1, 0.15) is 0 Å². The van der Waals surface area contributed by atoms with Gasteiger partial charge in [0, 0.05) is 11.8 Å². The minimum Gasteiger partial charge on any atom is -0.349 e. The van der Waals surface area contributed by atoms with E-state index in [1.165, 1.54) is 5.56 Å². The van der Waals surface area contributed by atoms with E-state index >= 15 is 0 Å². The molecule has 1 unspecified atom stereocenters. The lowest BCUT2D eigenvalue weighted by atomic mass is 10.0. The molecule has 0 aliphatic carbocycles. The molecule has 0 fully saturated rings. The lowest BCUT2D eigenvalue weighted by Crippen LogP contribution is -2.29. The van der Waals surface area contributed by atoms with Crippen LogP contribution in [-0.2, 0) is 17.6 Å². The first kappa shape index (κ1) is 18.3. The number of carbonyl (C=O) groups excluding carboxylic acids is 1. The van der Waals surface area contributed by atoms with Crippen LogP contribution in [0, 0.1) is 0 Å². The van der Waals surface area contributed by atoms with Crippen molar-refractivity contribution in [3.05, 3.63) is 87.9 Å². The third-order valence-electron chi connectivity index (χ3n) is 4.25. The van der Waals surface area contributed by atoms with E-state index in [-0.39, 0.29) is 11.9 Å². The van der Waals surface area contributed by atoms with Crippen LogP contribution in [0.15, 0.2) is 66.0 Å². The Morgan fingerprint density at radius 1 is 1.08 bits per heavy atom. The molecule has 3 aromatic rings. The highest BCUT2D eigenvalue weighted by Gasteiger charge is 2.15. The van der Waals surface area contributed by atoms with Crippen molar-refractivity contribution in [2.45, 2.75) is 38.6 Å². The topological polar surface area (TPSA) is 42.0 Å². The summed E-state index contributed by atoms with van der Waals surface area (Å²) in [6, 6.07) is 20.5. The van der Waals surface area contributed by atoms with E-state index in [1.54, 1.807) is 11.3 Å². The fourth-order valence-corrected chi connectivity index (χ4v) is 3.82. The monoisotopic (exact) mass is 364 g/mol. The smallest absolute Gasteiger partial charge is 0.226 e. The van der Waals surface area contributed by atoms with Crippen LogP contribution in [0.2, 0.25) is 0 Å². The first-order valence-electron chi connectivity index (χ1n) is 9.06. The SMILES string of the molecule is CCCC(NC(=O)Cc1csc(Cc2ccccc2)n1)c1ccccc1. The number of hydrogen-bond donors (Lipinski definition) is 1. The van der Waals surface area contributed by atoms with Gasteiger partial charge in [-0.15, -0.1) is 11.3 Å². The molecule has 1 N–H and O–H groups in total. The fraction of sp³-hybridized carbons (Fsp3) is 0.273. The second-order valence-electron chi connectivity index (χ2n) is 6.39.